The number of rotatable bonds is 2. The van der Waals surface area contributed by atoms with Crippen LogP contribution >= 0.6 is 23.2 Å². The summed E-state index contributed by atoms with van der Waals surface area (Å²) in [7, 11) is 0. The van der Waals surface area contributed by atoms with Gasteiger partial charge in [0.05, 0.1) is 10.7 Å². The van der Waals surface area contributed by atoms with Gasteiger partial charge in [0.2, 0.25) is 5.95 Å². The lowest BCUT2D eigenvalue weighted by Gasteiger charge is -2.06. The molecule has 5 nitrogen and oxygen atoms in total. The molecule has 0 fully saturated rings. The smallest absolute Gasteiger partial charge is 0.273 e. The molecule has 0 unspecified atom stereocenters. The fourth-order valence-electron chi connectivity index (χ4n) is 1.17. The van der Waals surface area contributed by atoms with Gasteiger partial charge in [-0.15, -0.1) is 10.2 Å². The molecule has 0 bridgehead atoms. The van der Waals surface area contributed by atoms with Crippen molar-refractivity contribution in [2.45, 2.75) is 6.92 Å². The lowest BCUT2D eigenvalue weighted by atomic mass is 10.3. The van der Waals surface area contributed by atoms with E-state index in [9.17, 15) is 4.79 Å². The van der Waals surface area contributed by atoms with Crippen molar-refractivity contribution in [3.63, 3.8) is 0 Å². The van der Waals surface area contributed by atoms with Gasteiger partial charge < -0.3 is 5.32 Å². The molecule has 2 rings (SSSR count). The minimum Gasteiger partial charge on any atom is -0.323 e. The topological polar surface area (TPSA) is 70.7 Å². The van der Waals surface area contributed by atoms with Crippen molar-refractivity contribution in [1.29, 1.82) is 0 Å². The first-order valence-electron chi connectivity index (χ1n) is 4.72. The van der Waals surface area contributed by atoms with Gasteiger partial charge in [0.25, 0.3) is 5.56 Å². The minimum absolute atomic E-state index is 0.213. The van der Waals surface area contributed by atoms with Gasteiger partial charge in [-0.25, -0.2) is 0 Å². The molecular formula is C10H8Cl2N4O. The Bertz CT molecular complexity index is 611. The van der Waals surface area contributed by atoms with E-state index in [1.54, 1.807) is 25.1 Å². The van der Waals surface area contributed by atoms with Crippen LogP contribution in [0.5, 0.6) is 0 Å². The third-order valence-corrected chi connectivity index (χ3v) is 2.61. The van der Waals surface area contributed by atoms with E-state index in [1.165, 1.54) is 0 Å². The number of H-pyrrole nitrogens is 1. The van der Waals surface area contributed by atoms with E-state index in [0.717, 1.165) is 0 Å². The Morgan fingerprint density at radius 2 is 2.06 bits per heavy atom. The molecule has 0 aliphatic rings. The number of aromatic amines is 1. The summed E-state index contributed by atoms with van der Waals surface area (Å²) in [5.74, 6) is 0.213. The Hall–Kier alpha value is -1.59. The molecule has 0 amide bonds. The second kappa shape index (κ2) is 4.73. The normalized spacial score (nSPS) is 10.3. The highest BCUT2D eigenvalue weighted by Gasteiger charge is 2.04. The van der Waals surface area contributed by atoms with Crippen LogP contribution < -0.4 is 10.9 Å². The van der Waals surface area contributed by atoms with Gasteiger partial charge in [0.15, 0.2) is 0 Å². The van der Waals surface area contributed by atoms with E-state index in [0.29, 0.717) is 21.4 Å². The van der Waals surface area contributed by atoms with E-state index in [-0.39, 0.29) is 11.5 Å². The number of halogens is 2. The van der Waals surface area contributed by atoms with E-state index in [1.807, 2.05) is 0 Å². The van der Waals surface area contributed by atoms with Crippen molar-refractivity contribution in [2.24, 2.45) is 0 Å². The molecule has 2 aromatic rings. The molecule has 0 atom stereocenters. The average molecular weight is 271 g/mol. The van der Waals surface area contributed by atoms with Gasteiger partial charge in [0, 0.05) is 5.02 Å². The van der Waals surface area contributed by atoms with Crippen molar-refractivity contribution < 1.29 is 0 Å². The maximum Gasteiger partial charge on any atom is 0.273 e. The monoisotopic (exact) mass is 270 g/mol. The standard InChI is InChI=1S/C10H8Cl2N4O/c1-5-9(17)14-10(16-15-5)13-8-4-6(11)2-3-7(8)12/h2-4H,1H3,(H2,13,14,16,17). The second-order valence-corrected chi connectivity index (χ2v) is 4.18. The SMILES string of the molecule is Cc1nnc(Nc2cc(Cl)ccc2Cl)[nH]c1=O. The fraction of sp³-hybridized carbons (Fsp3) is 0.100. The van der Waals surface area contributed by atoms with Gasteiger partial charge >= 0.3 is 0 Å². The van der Waals surface area contributed by atoms with Crippen LogP contribution in [0.2, 0.25) is 10.0 Å². The van der Waals surface area contributed by atoms with Crippen molar-refractivity contribution >= 4 is 34.8 Å². The summed E-state index contributed by atoms with van der Waals surface area (Å²) in [4.78, 5) is 13.9. The first kappa shape index (κ1) is 11.9. The van der Waals surface area contributed by atoms with E-state index in [2.05, 4.69) is 20.5 Å². The first-order chi connectivity index (χ1) is 8.06. The Morgan fingerprint density at radius 3 is 2.76 bits per heavy atom. The summed E-state index contributed by atoms with van der Waals surface area (Å²) >= 11 is 11.8. The highest BCUT2D eigenvalue weighted by atomic mass is 35.5. The first-order valence-corrected chi connectivity index (χ1v) is 5.47. The molecule has 1 aromatic heterocycles. The van der Waals surface area contributed by atoms with Crippen LogP contribution in [-0.2, 0) is 0 Å². The highest BCUT2D eigenvalue weighted by molar-refractivity contribution is 6.35. The average Bonchev–Trinajstić information content (AvgIpc) is 2.29. The number of nitrogens with one attached hydrogen (secondary N) is 2. The van der Waals surface area contributed by atoms with E-state index in [4.69, 9.17) is 23.2 Å². The zero-order valence-corrected chi connectivity index (χ0v) is 10.3. The summed E-state index contributed by atoms with van der Waals surface area (Å²) in [6.45, 7) is 1.57. The number of benzene rings is 1. The van der Waals surface area contributed by atoms with Crippen molar-refractivity contribution in [3.05, 3.63) is 44.3 Å². The Labute approximate surface area is 107 Å². The second-order valence-electron chi connectivity index (χ2n) is 3.34. The molecular weight excluding hydrogens is 263 g/mol. The number of hydrogen-bond acceptors (Lipinski definition) is 4. The van der Waals surface area contributed by atoms with Crippen LogP contribution in [0.25, 0.3) is 0 Å². The highest BCUT2D eigenvalue weighted by Crippen LogP contribution is 2.26. The molecule has 0 aliphatic carbocycles. The molecule has 0 aliphatic heterocycles. The summed E-state index contributed by atoms with van der Waals surface area (Å²) in [6, 6.07) is 4.94. The van der Waals surface area contributed by atoms with Crippen LogP contribution in [0.15, 0.2) is 23.0 Å². The molecule has 0 radical (unpaired) electrons. The van der Waals surface area contributed by atoms with Gasteiger partial charge in [-0.05, 0) is 25.1 Å². The minimum atomic E-state index is -0.305. The fourth-order valence-corrected chi connectivity index (χ4v) is 1.51. The van der Waals surface area contributed by atoms with E-state index >= 15 is 0 Å². The van der Waals surface area contributed by atoms with Crippen molar-refractivity contribution in [3.8, 4) is 0 Å². The largest absolute Gasteiger partial charge is 0.323 e. The third kappa shape index (κ3) is 2.75. The van der Waals surface area contributed by atoms with Crippen LogP contribution in [0, 0.1) is 6.92 Å². The summed E-state index contributed by atoms with van der Waals surface area (Å²) in [6.07, 6.45) is 0. The Morgan fingerprint density at radius 1 is 1.29 bits per heavy atom. The number of anilines is 2. The summed E-state index contributed by atoms with van der Waals surface area (Å²) in [5, 5.41) is 11.3. The molecule has 0 saturated carbocycles. The number of aryl methyl sites for hydroxylation is 1. The predicted octanol–water partition coefficient (Wildman–Crippen LogP) is 2.52. The molecule has 88 valence electrons. The Balaban J connectivity index is 2.34. The quantitative estimate of drug-likeness (QED) is 0.880. The molecule has 7 heteroatoms. The van der Waals surface area contributed by atoms with Crippen molar-refractivity contribution in [1.82, 2.24) is 15.2 Å². The third-order valence-electron chi connectivity index (χ3n) is 2.04. The van der Waals surface area contributed by atoms with Gasteiger partial charge in [-0.2, -0.15) is 0 Å². The molecule has 1 heterocycles. The molecule has 0 saturated heterocycles. The van der Waals surface area contributed by atoms with Gasteiger partial charge in [-0.1, -0.05) is 23.2 Å². The maximum atomic E-state index is 11.3. The molecule has 17 heavy (non-hydrogen) atoms. The zero-order chi connectivity index (χ0) is 12.4. The van der Waals surface area contributed by atoms with Crippen molar-refractivity contribution in [2.75, 3.05) is 5.32 Å². The maximum absolute atomic E-state index is 11.3. The lowest BCUT2D eigenvalue weighted by Crippen LogP contribution is -2.15. The molecule has 1 aromatic carbocycles. The number of aromatic nitrogens is 3. The molecule has 0 spiro atoms. The number of hydrogen-bond donors (Lipinski definition) is 2. The van der Waals surface area contributed by atoms with Gasteiger partial charge in [0.1, 0.15) is 5.69 Å². The summed E-state index contributed by atoms with van der Waals surface area (Å²) < 4.78 is 0. The van der Waals surface area contributed by atoms with Crippen LogP contribution in [0.4, 0.5) is 11.6 Å². The van der Waals surface area contributed by atoms with Crippen LogP contribution in [0.3, 0.4) is 0 Å². The Kier molecular flexibility index (Phi) is 3.31. The lowest BCUT2D eigenvalue weighted by molar-refractivity contribution is 0.908. The van der Waals surface area contributed by atoms with E-state index < -0.39 is 0 Å². The van der Waals surface area contributed by atoms with Crippen LogP contribution in [-0.4, -0.2) is 15.2 Å². The van der Waals surface area contributed by atoms with Gasteiger partial charge in [-0.3, -0.25) is 9.78 Å². The molecule has 2 N–H and O–H groups in total. The zero-order valence-electron chi connectivity index (χ0n) is 8.79. The van der Waals surface area contributed by atoms with Crippen LogP contribution in [0.1, 0.15) is 5.69 Å². The predicted molar refractivity (Wildman–Crippen MR) is 67.1 cm³/mol. The summed E-state index contributed by atoms with van der Waals surface area (Å²) in [5.41, 5.74) is 0.543. The number of nitrogens with zero attached hydrogens (tertiary/aromatic N) is 2.